The Hall–Kier alpha value is -2.55. The number of hydrogen-bond acceptors (Lipinski definition) is 7. The van der Waals surface area contributed by atoms with Crippen molar-refractivity contribution < 1.29 is 9.18 Å². The molecule has 2 heterocycles. The third-order valence-corrected chi connectivity index (χ3v) is 6.95. The summed E-state index contributed by atoms with van der Waals surface area (Å²) in [7, 11) is 3.80. The van der Waals surface area contributed by atoms with Crippen LogP contribution in [-0.4, -0.2) is 48.1 Å². The van der Waals surface area contributed by atoms with E-state index < -0.39 is 5.54 Å². The quantitative estimate of drug-likeness (QED) is 0.683. The maximum atomic E-state index is 15.0. The van der Waals surface area contributed by atoms with Crippen LogP contribution in [0.25, 0.3) is 0 Å². The summed E-state index contributed by atoms with van der Waals surface area (Å²) in [5.41, 5.74) is 6.83. The minimum absolute atomic E-state index is 0.241. The number of halogens is 1. The second-order valence-electron chi connectivity index (χ2n) is 8.11. The molecule has 2 aliphatic heterocycles. The second-order valence-corrected chi connectivity index (χ2v) is 9.16. The van der Waals surface area contributed by atoms with Gasteiger partial charge in [0.15, 0.2) is 5.17 Å². The number of aliphatic imine (C=N–C) groups is 2. The molecule has 7 nitrogen and oxygen atoms in total. The number of nitrogens with one attached hydrogen (secondary N) is 2. The van der Waals surface area contributed by atoms with Crippen molar-refractivity contribution >= 4 is 34.2 Å². The molecule has 4 rings (SSSR count). The summed E-state index contributed by atoms with van der Waals surface area (Å²) in [6.45, 7) is 0.327. The van der Waals surface area contributed by atoms with Gasteiger partial charge in [-0.3, -0.25) is 9.79 Å². The lowest BCUT2D eigenvalue weighted by atomic mass is 9.69. The van der Waals surface area contributed by atoms with Gasteiger partial charge in [-0.2, -0.15) is 0 Å². The van der Waals surface area contributed by atoms with Crippen LogP contribution in [0.5, 0.6) is 0 Å². The van der Waals surface area contributed by atoms with Crippen molar-refractivity contribution in [3.63, 3.8) is 0 Å². The first kappa shape index (κ1) is 20.7. The van der Waals surface area contributed by atoms with Gasteiger partial charge in [0, 0.05) is 31.1 Å². The molecule has 1 aromatic rings. The molecule has 0 aromatic heterocycles. The molecule has 1 saturated carbocycles. The van der Waals surface area contributed by atoms with Crippen molar-refractivity contribution in [1.82, 2.24) is 10.2 Å². The van der Waals surface area contributed by atoms with Gasteiger partial charge in [-0.15, -0.1) is 0 Å². The van der Waals surface area contributed by atoms with E-state index in [1.165, 1.54) is 6.07 Å². The first-order valence-corrected chi connectivity index (χ1v) is 11.1. The van der Waals surface area contributed by atoms with Gasteiger partial charge in [0.1, 0.15) is 17.3 Å². The molecule has 2 atom stereocenters. The number of carbonyl (C=O) groups excluding carboxylic acids is 1. The Morgan fingerprint density at radius 1 is 1.40 bits per heavy atom. The average Bonchev–Trinajstić information content (AvgIpc) is 2.74. The summed E-state index contributed by atoms with van der Waals surface area (Å²) in [4.78, 5) is 23.6. The third kappa shape index (κ3) is 3.90. The van der Waals surface area contributed by atoms with E-state index in [0.717, 1.165) is 37.3 Å². The highest BCUT2D eigenvalue weighted by Gasteiger charge is 2.46. The maximum absolute atomic E-state index is 15.0. The van der Waals surface area contributed by atoms with Gasteiger partial charge < -0.3 is 21.3 Å². The Balaban J connectivity index is 1.61. The smallest absolute Gasteiger partial charge is 0.271 e. The van der Waals surface area contributed by atoms with Gasteiger partial charge in [0.25, 0.3) is 5.91 Å². The molecule has 160 valence electrons. The second kappa shape index (κ2) is 8.29. The first-order chi connectivity index (χ1) is 14.4. The normalized spacial score (nSPS) is 25.8. The molecule has 30 heavy (non-hydrogen) atoms. The van der Waals surface area contributed by atoms with E-state index in [9.17, 15) is 9.18 Å². The maximum Gasteiger partial charge on any atom is 0.271 e. The molecule has 9 heteroatoms. The van der Waals surface area contributed by atoms with Gasteiger partial charge in [-0.1, -0.05) is 24.6 Å². The predicted octanol–water partition coefficient (Wildman–Crippen LogP) is 2.62. The molecule has 1 aromatic carbocycles. The van der Waals surface area contributed by atoms with Crippen LogP contribution < -0.4 is 16.4 Å². The molecule has 4 N–H and O–H groups in total. The molecule has 2 unspecified atom stereocenters. The molecule has 3 aliphatic rings. The zero-order valence-electron chi connectivity index (χ0n) is 17.2. The van der Waals surface area contributed by atoms with E-state index in [4.69, 9.17) is 10.7 Å². The molecule has 0 spiro atoms. The summed E-state index contributed by atoms with van der Waals surface area (Å²) in [5, 5.41) is 6.52. The van der Waals surface area contributed by atoms with Gasteiger partial charge in [0.2, 0.25) is 0 Å². The number of rotatable bonds is 4. The van der Waals surface area contributed by atoms with Crippen LogP contribution in [0.1, 0.15) is 31.2 Å². The van der Waals surface area contributed by atoms with Crippen molar-refractivity contribution in [3.8, 4) is 0 Å². The van der Waals surface area contributed by atoms with Crippen molar-refractivity contribution in [2.75, 3.05) is 31.7 Å². The van der Waals surface area contributed by atoms with Crippen molar-refractivity contribution in [2.45, 2.75) is 31.2 Å². The van der Waals surface area contributed by atoms with Crippen LogP contribution in [0, 0.1) is 11.7 Å². The number of fused-ring (bicyclic) bond motifs is 1. The lowest BCUT2D eigenvalue weighted by Crippen LogP contribution is -2.43. The lowest BCUT2D eigenvalue weighted by Gasteiger charge is -2.44. The zero-order chi connectivity index (χ0) is 21.3. The van der Waals surface area contributed by atoms with Crippen LogP contribution in [0.4, 0.5) is 10.1 Å². The number of carbonyl (C=O) groups is 1. The van der Waals surface area contributed by atoms with Crippen LogP contribution in [0.15, 0.2) is 40.2 Å². The van der Waals surface area contributed by atoms with E-state index in [-0.39, 0.29) is 17.6 Å². The number of benzene rings is 1. The lowest BCUT2D eigenvalue weighted by molar-refractivity contribution is -0.110. The SMILES string of the molecule is CN(C)C1=CN=C(C(=O)Nc2ccc(F)c(C34CCCCC3CSC(N)=N4)c2)CN1. The molecule has 1 fully saturated rings. The fourth-order valence-corrected chi connectivity index (χ4v) is 5.42. The summed E-state index contributed by atoms with van der Waals surface area (Å²) in [5.74, 6) is 1.30. The molecular weight excluding hydrogens is 403 g/mol. The average molecular weight is 431 g/mol. The summed E-state index contributed by atoms with van der Waals surface area (Å²) >= 11 is 1.54. The minimum atomic E-state index is -0.647. The van der Waals surface area contributed by atoms with Crippen LogP contribution >= 0.6 is 11.8 Å². The Bertz CT molecular complexity index is 943. The van der Waals surface area contributed by atoms with Crippen molar-refractivity contribution in [3.05, 3.63) is 41.6 Å². The van der Waals surface area contributed by atoms with E-state index in [1.54, 1.807) is 30.1 Å². The fourth-order valence-electron chi connectivity index (χ4n) is 4.38. The van der Waals surface area contributed by atoms with Crippen molar-refractivity contribution in [2.24, 2.45) is 21.6 Å². The van der Waals surface area contributed by atoms with Crippen LogP contribution in [-0.2, 0) is 10.3 Å². The molecule has 0 bridgehead atoms. The largest absolute Gasteiger partial charge is 0.379 e. The van der Waals surface area contributed by atoms with Gasteiger partial charge >= 0.3 is 0 Å². The number of nitrogens with zero attached hydrogens (tertiary/aromatic N) is 3. The Labute approximate surface area is 180 Å². The molecule has 1 amide bonds. The Morgan fingerprint density at radius 3 is 2.97 bits per heavy atom. The monoisotopic (exact) mass is 430 g/mol. The number of nitrogens with two attached hydrogens (primary N) is 1. The van der Waals surface area contributed by atoms with Crippen LogP contribution in [0.2, 0.25) is 0 Å². The highest BCUT2D eigenvalue weighted by molar-refractivity contribution is 8.13. The number of anilines is 1. The minimum Gasteiger partial charge on any atom is -0.379 e. The Kier molecular flexibility index (Phi) is 5.73. The van der Waals surface area contributed by atoms with E-state index in [0.29, 0.717) is 28.7 Å². The van der Waals surface area contributed by atoms with Crippen molar-refractivity contribution in [1.29, 1.82) is 0 Å². The summed E-state index contributed by atoms with van der Waals surface area (Å²) in [6.07, 6.45) is 5.49. The summed E-state index contributed by atoms with van der Waals surface area (Å²) in [6, 6.07) is 4.70. The van der Waals surface area contributed by atoms with Gasteiger partial charge in [0.05, 0.1) is 18.3 Å². The fraction of sp³-hybridized carbons (Fsp3) is 0.476. The molecule has 1 aliphatic carbocycles. The highest BCUT2D eigenvalue weighted by Crippen LogP contribution is 2.50. The number of amidine groups is 1. The zero-order valence-corrected chi connectivity index (χ0v) is 18.1. The van der Waals surface area contributed by atoms with E-state index >= 15 is 0 Å². The Morgan fingerprint density at radius 2 is 2.23 bits per heavy atom. The van der Waals surface area contributed by atoms with Crippen LogP contribution in [0.3, 0.4) is 0 Å². The molecule has 0 saturated heterocycles. The number of amides is 1. The molecule has 0 radical (unpaired) electrons. The van der Waals surface area contributed by atoms with Gasteiger partial charge in [-0.25, -0.2) is 9.38 Å². The number of hydrogen-bond donors (Lipinski definition) is 3. The third-order valence-electron chi connectivity index (χ3n) is 5.99. The van der Waals surface area contributed by atoms with Gasteiger partial charge in [-0.05, 0) is 37.0 Å². The standard InChI is InChI=1S/C21H27FN6OS/c1-28(2)18-11-24-17(10-25-18)19(29)26-14-6-7-16(22)15(9-14)21-8-4-3-5-13(21)12-30-20(23)27-21/h6-7,9,11,13,25H,3-5,8,10,12H2,1-2H3,(H2,23,27)(H,26,29). The molecular formula is C21H27FN6OS. The first-order valence-electron chi connectivity index (χ1n) is 10.2. The topological polar surface area (TPSA) is 95.1 Å². The van der Waals surface area contributed by atoms with E-state index in [2.05, 4.69) is 15.6 Å². The van der Waals surface area contributed by atoms with E-state index in [1.807, 2.05) is 19.0 Å². The summed E-state index contributed by atoms with van der Waals surface area (Å²) < 4.78 is 15.0. The predicted molar refractivity (Wildman–Crippen MR) is 120 cm³/mol. The highest BCUT2D eigenvalue weighted by atomic mass is 32.2. The number of thioether (sulfide) groups is 1.